The molecular weight excluding hydrogens is 300 g/mol. The molecule has 2 aromatic rings. The van der Waals surface area contributed by atoms with E-state index in [4.69, 9.17) is 10.5 Å². The lowest BCUT2D eigenvalue weighted by Gasteiger charge is -2.18. The van der Waals surface area contributed by atoms with Gasteiger partial charge in [0.25, 0.3) is 0 Å². The second kappa shape index (κ2) is 8.50. The summed E-state index contributed by atoms with van der Waals surface area (Å²) >= 11 is 0. The number of nitrogens with one attached hydrogen (secondary N) is 1. The predicted molar refractivity (Wildman–Crippen MR) is 97.0 cm³/mol. The molecule has 0 saturated carbocycles. The van der Waals surface area contributed by atoms with Crippen molar-refractivity contribution in [3.05, 3.63) is 65.2 Å². The zero-order valence-electron chi connectivity index (χ0n) is 14.6. The smallest absolute Gasteiger partial charge is 0.222 e. The Morgan fingerprint density at radius 1 is 1.08 bits per heavy atom. The summed E-state index contributed by atoms with van der Waals surface area (Å²) in [4.78, 5) is 12.1. The monoisotopic (exact) mass is 326 g/mol. The van der Waals surface area contributed by atoms with Crippen molar-refractivity contribution in [2.45, 2.75) is 39.3 Å². The van der Waals surface area contributed by atoms with Gasteiger partial charge >= 0.3 is 0 Å². The molecule has 4 heteroatoms. The second-order valence-corrected chi connectivity index (χ2v) is 6.22. The van der Waals surface area contributed by atoms with Crippen molar-refractivity contribution in [3.8, 4) is 5.75 Å². The minimum absolute atomic E-state index is 0.0658. The maximum Gasteiger partial charge on any atom is 0.222 e. The van der Waals surface area contributed by atoms with Crippen molar-refractivity contribution in [2.75, 3.05) is 6.61 Å². The first-order chi connectivity index (χ1) is 11.5. The molecule has 0 aromatic heterocycles. The van der Waals surface area contributed by atoms with Crippen LogP contribution < -0.4 is 15.8 Å². The van der Waals surface area contributed by atoms with Crippen LogP contribution in [0.1, 0.15) is 36.1 Å². The van der Waals surface area contributed by atoms with Crippen LogP contribution in [-0.4, -0.2) is 18.6 Å². The van der Waals surface area contributed by atoms with Crippen molar-refractivity contribution in [1.29, 1.82) is 0 Å². The SMILES string of the molecule is Cc1cccc(C)c1OCC(C)NC(=O)CC(N)c1ccccc1. The van der Waals surface area contributed by atoms with Gasteiger partial charge in [0.15, 0.2) is 0 Å². The van der Waals surface area contributed by atoms with E-state index in [2.05, 4.69) is 5.32 Å². The molecule has 2 atom stereocenters. The molecule has 1 amide bonds. The quantitative estimate of drug-likeness (QED) is 0.821. The summed E-state index contributed by atoms with van der Waals surface area (Å²) in [5.41, 5.74) is 9.24. The fourth-order valence-electron chi connectivity index (χ4n) is 2.63. The van der Waals surface area contributed by atoms with Crippen LogP contribution in [0.25, 0.3) is 0 Å². The summed E-state index contributed by atoms with van der Waals surface area (Å²) in [5, 5.41) is 2.95. The highest BCUT2D eigenvalue weighted by molar-refractivity contribution is 5.77. The molecule has 0 spiro atoms. The van der Waals surface area contributed by atoms with Gasteiger partial charge in [-0.15, -0.1) is 0 Å². The number of nitrogens with two attached hydrogens (primary N) is 1. The highest BCUT2D eigenvalue weighted by atomic mass is 16.5. The number of rotatable bonds is 7. The van der Waals surface area contributed by atoms with Gasteiger partial charge in [0, 0.05) is 12.5 Å². The van der Waals surface area contributed by atoms with Crippen molar-refractivity contribution in [3.63, 3.8) is 0 Å². The fourth-order valence-corrected chi connectivity index (χ4v) is 2.63. The number of amides is 1. The molecule has 3 N–H and O–H groups in total. The summed E-state index contributed by atoms with van der Waals surface area (Å²) in [7, 11) is 0. The number of hydrogen-bond acceptors (Lipinski definition) is 3. The lowest BCUT2D eigenvalue weighted by Crippen LogP contribution is -2.38. The van der Waals surface area contributed by atoms with Crippen LogP contribution >= 0.6 is 0 Å². The molecule has 0 bridgehead atoms. The Labute approximate surface area is 144 Å². The average molecular weight is 326 g/mol. The highest BCUT2D eigenvalue weighted by Gasteiger charge is 2.14. The van der Waals surface area contributed by atoms with Gasteiger partial charge in [0.05, 0.1) is 6.04 Å². The largest absolute Gasteiger partial charge is 0.491 e. The maximum atomic E-state index is 12.1. The summed E-state index contributed by atoms with van der Waals surface area (Å²) < 4.78 is 5.87. The predicted octanol–water partition coefficient (Wildman–Crippen LogP) is 3.28. The van der Waals surface area contributed by atoms with Gasteiger partial charge in [-0.05, 0) is 37.5 Å². The Kier molecular flexibility index (Phi) is 6.38. The van der Waals surface area contributed by atoms with Crippen molar-refractivity contribution < 1.29 is 9.53 Å². The zero-order valence-corrected chi connectivity index (χ0v) is 14.6. The zero-order chi connectivity index (χ0) is 17.5. The minimum atomic E-state index is -0.294. The summed E-state index contributed by atoms with van der Waals surface area (Å²) in [6.07, 6.45) is 0.262. The van der Waals surface area contributed by atoms with Crippen LogP contribution in [0.5, 0.6) is 5.75 Å². The van der Waals surface area contributed by atoms with Crippen LogP contribution in [0.15, 0.2) is 48.5 Å². The van der Waals surface area contributed by atoms with E-state index in [1.54, 1.807) is 0 Å². The molecule has 4 nitrogen and oxygen atoms in total. The standard InChI is InChI=1S/C20H26N2O2/c1-14-8-7-9-15(2)20(14)24-13-16(3)22-19(23)12-18(21)17-10-5-4-6-11-17/h4-11,16,18H,12-13,21H2,1-3H3,(H,22,23). The van der Waals surface area contributed by atoms with Gasteiger partial charge in [-0.25, -0.2) is 0 Å². The normalized spacial score (nSPS) is 13.2. The third-order valence-electron chi connectivity index (χ3n) is 3.93. The Bertz CT molecular complexity index is 650. The number of benzene rings is 2. The first-order valence-corrected chi connectivity index (χ1v) is 8.26. The molecule has 2 unspecified atom stereocenters. The van der Waals surface area contributed by atoms with Crippen molar-refractivity contribution in [2.24, 2.45) is 5.73 Å². The molecule has 0 aliphatic heterocycles. The molecule has 128 valence electrons. The Morgan fingerprint density at radius 3 is 2.33 bits per heavy atom. The van der Waals surface area contributed by atoms with Gasteiger partial charge in [0.1, 0.15) is 12.4 Å². The lowest BCUT2D eigenvalue weighted by molar-refractivity contribution is -0.122. The molecule has 24 heavy (non-hydrogen) atoms. The Balaban J connectivity index is 1.81. The van der Waals surface area contributed by atoms with Gasteiger partial charge in [0.2, 0.25) is 5.91 Å². The number of aryl methyl sites for hydroxylation is 2. The number of carbonyl (C=O) groups is 1. The van der Waals surface area contributed by atoms with E-state index in [0.29, 0.717) is 6.61 Å². The molecule has 0 aliphatic carbocycles. The van der Waals surface area contributed by atoms with Crippen LogP contribution in [0.3, 0.4) is 0 Å². The third kappa shape index (κ3) is 5.10. The van der Waals surface area contributed by atoms with E-state index >= 15 is 0 Å². The average Bonchev–Trinajstić information content (AvgIpc) is 2.55. The van der Waals surface area contributed by atoms with Crippen molar-refractivity contribution in [1.82, 2.24) is 5.32 Å². The first-order valence-electron chi connectivity index (χ1n) is 8.26. The molecular formula is C20H26N2O2. The van der Waals surface area contributed by atoms with Gasteiger partial charge in [-0.1, -0.05) is 48.5 Å². The Morgan fingerprint density at radius 2 is 1.71 bits per heavy atom. The number of para-hydroxylation sites is 1. The number of hydrogen-bond donors (Lipinski definition) is 2. The van der Waals surface area contributed by atoms with E-state index < -0.39 is 0 Å². The fraction of sp³-hybridized carbons (Fsp3) is 0.350. The maximum absolute atomic E-state index is 12.1. The summed E-state index contributed by atoms with van der Waals surface area (Å²) in [6.45, 7) is 6.40. The van der Waals surface area contributed by atoms with Crippen LogP contribution in [0.4, 0.5) is 0 Å². The molecule has 0 saturated heterocycles. The number of carbonyl (C=O) groups excluding carboxylic acids is 1. The first kappa shape index (κ1) is 18.0. The van der Waals surface area contributed by atoms with E-state index in [1.165, 1.54) is 0 Å². The van der Waals surface area contributed by atoms with Gasteiger partial charge in [-0.3, -0.25) is 4.79 Å². The summed E-state index contributed by atoms with van der Waals surface area (Å²) in [6, 6.07) is 15.3. The van der Waals surface area contributed by atoms with E-state index in [1.807, 2.05) is 69.3 Å². The number of ether oxygens (including phenoxy) is 1. The molecule has 2 aromatic carbocycles. The van der Waals surface area contributed by atoms with E-state index in [9.17, 15) is 4.79 Å². The Hall–Kier alpha value is -2.33. The lowest BCUT2D eigenvalue weighted by atomic mass is 10.0. The topological polar surface area (TPSA) is 64.3 Å². The second-order valence-electron chi connectivity index (χ2n) is 6.22. The molecule has 0 fully saturated rings. The van der Waals surface area contributed by atoms with Crippen LogP contribution in [-0.2, 0) is 4.79 Å². The van der Waals surface area contributed by atoms with E-state index in [0.717, 1.165) is 22.4 Å². The minimum Gasteiger partial charge on any atom is -0.491 e. The summed E-state index contributed by atoms with van der Waals surface area (Å²) in [5.74, 6) is 0.823. The van der Waals surface area contributed by atoms with Crippen molar-refractivity contribution >= 4 is 5.91 Å². The molecule has 2 rings (SSSR count). The van der Waals surface area contributed by atoms with E-state index in [-0.39, 0.29) is 24.4 Å². The van der Waals surface area contributed by atoms with Crippen LogP contribution in [0.2, 0.25) is 0 Å². The van der Waals surface area contributed by atoms with Crippen LogP contribution in [0, 0.1) is 13.8 Å². The third-order valence-corrected chi connectivity index (χ3v) is 3.93. The molecule has 0 aliphatic rings. The molecule has 0 heterocycles. The highest BCUT2D eigenvalue weighted by Crippen LogP contribution is 2.22. The van der Waals surface area contributed by atoms with Gasteiger partial charge in [-0.2, -0.15) is 0 Å². The molecule has 0 radical (unpaired) electrons. The van der Waals surface area contributed by atoms with Gasteiger partial charge < -0.3 is 15.8 Å².